The van der Waals surface area contributed by atoms with Gasteiger partial charge in [-0.25, -0.2) is 9.97 Å². The summed E-state index contributed by atoms with van der Waals surface area (Å²) in [6, 6.07) is 0. The smallest absolute Gasteiger partial charge is 0.146 e. The van der Waals surface area contributed by atoms with Gasteiger partial charge < -0.3 is 0 Å². The number of aromatic nitrogens is 2. The number of aryl methyl sites for hydroxylation is 1. The van der Waals surface area contributed by atoms with Crippen LogP contribution in [0.2, 0.25) is 5.15 Å². The van der Waals surface area contributed by atoms with Crippen LogP contribution in [0.5, 0.6) is 0 Å². The molecule has 2 heterocycles. The maximum atomic E-state index is 6.34. The minimum absolute atomic E-state index is 0.308. The maximum Gasteiger partial charge on any atom is 0.146 e. The van der Waals surface area contributed by atoms with Crippen LogP contribution >= 0.6 is 34.5 Å². The van der Waals surface area contributed by atoms with Crippen LogP contribution in [0.3, 0.4) is 0 Å². The Kier molecular flexibility index (Phi) is 3.72. The van der Waals surface area contributed by atoms with Crippen LogP contribution in [0.4, 0.5) is 0 Å². The zero-order chi connectivity index (χ0) is 14.5. The quantitative estimate of drug-likeness (QED) is 0.528. The molecular formula is C15H18Cl2N2S. The van der Waals surface area contributed by atoms with E-state index in [0.717, 1.165) is 29.0 Å². The number of hydrogen-bond donors (Lipinski definition) is 0. The Hall–Kier alpha value is -0.380. The highest BCUT2D eigenvalue weighted by atomic mass is 35.5. The van der Waals surface area contributed by atoms with Crippen LogP contribution in [0.25, 0.3) is 10.2 Å². The Morgan fingerprint density at radius 3 is 2.70 bits per heavy atom. The second-order valence-corrected chi connectivity index (χ2v) is 8.26. The fourth-order valence-electron chi connectivity index (χ4n) is 2.97. The monoisotopic (exact) mass is 328 g/mol. The van der Waals surface area contributed by atoms with Crippen LogP contribution in [0.15, 0.2) is 0 Å². The largest absolute Gasteiger partial charge is 0.221 e. The maximum absolute atomic E-state index is 6.34. The molecule has 0 saturated heterocycles. The highest BCUT2D eigenvalue weighted by Gasteiger charge is 2.31. The van der Waals surface area contributed by atoms with Crippen molar-refractivity contribution in [2.45, 2.75) is 45.9 Å². The third-order valence-corrected chi connectivity index (χ3v) is 5.92. The number of nitrogens with zero attached hydrogens (tertiary/aromatic N) is 2. The first-order valence-corrected chi connectivity index (χ1v) is 8.65. The van der Waals surface area contributed by atoms with E-state index in [4.69, 9.17) is 23.2 Å². The molecule has 0 N–H and O–H groups in total. The minimum atomic E-state index is 0.308. The van der Waals surface area contributed by atoms with Crippen molar-refractivity contribution in [2.24, 2.45) is 11.3 Å². The van der Waals surface area contributed by atoms with Gasteiger partial charge in [0.1, 0.15) is 15.8 Å². The molecule has 3 rings (SSSR count). The molecule has 1 unspecified atom stereocenters. The summed E-state index contributed by atoms with van der Waals surface area (Å²) in [7, 11) is 0. The lowest BCUT2D eigenvalue weighted by Gasteiger charge is -2.33. The number of halogens is 2. The number of rotatable bonds is 1. The van der Waals surface area contributed by atoms with E-state index in [-0.39, 0.29) is 0 Å². The molecule has 5 heteroatoms. The van der Waals surface area contributed by atoms with E-state index >= 15 is 0 Å². The van der Waals surface area contributed by atoms with Crippen LogP contribution in [-0.2, 0) is 18.7 Å². The predicted molar refractivity (Wildman–Crippen MR) is 87.0 cm³/mol. The van der Waals surface area contributed by atoms with E-state index in [0.29, 0.717) is 22.3 Å². The second kappa shape index (κ2) is 5.11. The van der Waals surface area contributed by atoms with Crippen molar-refractivity contribution in [2.75, 3.05) is 0 Å². The molecule has 2 nitrogen and oxygen atoms in total. The molecule has 2 aromatic heterocycles. The molecule has 108 valence electrons. The molecule has 0 spiro atoms. The third kappa shape index (κ3) is 2.44. The Morgan fingerprint density at radius 1 is 1.30 bits per heavy atom. The lowest BCUT2D eigenvalue weighted by molar-refractivity contribution is 0.218. The van der Waals surface area contributed by atoms with Crippen molar-refractivity contribution in [1.82, 2.24) is 9.97 Å². The topological polar surface area (TPSA) is 25.8 Å². The Balaban J connectivity index is 2.09. The fourth-order valence-corrected chi connectivity index (χ4v) is 4.77. The van der Waals surface area contributed by atoms with Gasteiger partial charge >= 0.3 is 0 Å². The van der Waals surface area contributed by atoms with Crippen molar-refractivity contribution in [3.63, 3.8) is 0 Å². The van der Waals surface area contributed by atoms with Gasteiger partial charge in [0.2, 0.25) is 0 Å². The highest BCUT2D eigenvalue weighted by molar-refractivity contribution is 7.19. The first kappa shape index (κ1) is 14.6. The van der Waals surface area contributed by atoms with Gasteiger partial charge in [0.05, 0.1) is 11.3 Å². The summed E-state index contributed by atoms with van der Waals surface area (Å²) in [6.45, 7) is 6.98. The molecule has 0 amide bonds. The zero-order valence-corrected chi connectivity index (χ0v) is 14.3. The van der Waals surface area contributed by atoms with Gasteiger partial charge in [-0.2, -0.15) is 0 Å². The summed E-state index contributed by atoms with van der Waals surface area (Å²) in [6.07, 6.45) is 3.43. The van der Waals surface area contributed by atoms with E-state index in [1.54, 1.807) is 11.3 Å². The lowest BCUT2D eigenvalue weighted by Crippen LogP contribution is -2.26. The predicted octanol–water partition coefficient (Wildman–Crippen LogP) is 5.23. The normalized spacial score (nSPS) is 19.4. The van der Waals surface area contributed by atoms with E-state index in [1.807, 2.05) is 0 Å². The Morgan fingerprint density at radius 2 is 2.05 bits per heavy atom. The summed E-state index contributed by atoms with van der Waals surface area (Å²) < 4.78 is 0. The van der Waals surface area contributed by atoms with Gasteiger partial charge in [-0.1, -0.05) is 32.4 Å². The highest BCUT2D eigenvalue weighted by Crippen LogP contribution is 2.44. The zero-order valence-electron chi connectivity index (χ0n) is 12.0. The van der Waals surface area contributed by atoms with Crippen molar-refractivity contribution >= 4 is 44.8 Å². The summed E-state index contributed by atoms with van der Waals surface area (Å²) in [5.41, 5.74) is 1.72. The first-order chi connectivity index (χ1) is 9.40. The molecule has 0 radical (unpaired) electrons. The van der Waals surface area contributed by atoms with Crippen molar-refractivity contribution in [3.8, 4) is 0 Å². The molecule has 1 atom stereocenters. The fraction of sp³-hybridized carbons (Fsp3) is 0.600. The second-order valence-electron chi connectivity index (χ2n) is 6.55. The van der Waals surface area contributed by atoms with Gasteiger partial charge in [-0.05, 0) is 36.2 Å². The standard InChI is InChI=1S/C15H18Cl2N2S/c1-15(2,3)8-4-5-9-10(6-8)20-14-12(9)13(17)18-11(7-16)19-14/h8H,4-7H2,1-3H3. The molecule has 1 aliphatic carbocycles. The molecule has 0 bridgehead atoms. The van der Waals surface area contributed by atoms with Crippen molar-refractivity contribution < 1.29 is 0 Å². The van der Waals surface area contributed by atoms with Gasteiger partial charge in [-0.3, -0.25) is 0 Å². The third-order valence-electron chi connectivity index (χ3n) is 4.26. The average Bonchev–Trinajstić information content (AvgIpc) is 2.74. The van der Waals surface area contributed by atoms with Crippen LogP contribution in [-0.4, -0.2) is 9.97 Å². The Bertz CT molecular complexity index is 658. The molecule has 0 fully saturated rings. The van der Waals surface area contributed by atoms with Gasteiger partial charge in [0.25, 0.3) is 0 Å². The SMILES string of the molecule is CC(C)(C)C1CCc2c(sc3nc(CCl)nc(Cl)c23)C1. The summed E-state index contributed by atoms with van der Waals surface area (Å²) in [4.78, 5) is 11.3. The van der Waals surface area contributed by atoms with Crippen LogP contribution < -0.4 is 0 Å². The van der Waals surface area contributed by atoms with E-state index in [2.05, 4.69) is 30.7 Å². The van der Waals surface area contributed by atoms with Gasteiger partial charge in [0.15, 0.2) is 0 Å². The molecule has 2 aromatic rings. The summed E-state index contributed by atoms with van der Waals surface area (Å²) >= 11 is 13.9. The minimum Gasteiger partial charge on any atom is -0.221 e. The molecule has 20 heavy (non-hydrogen) atoms. The van der Waals surface area contributed by atoms with Crippen LogP contribution in [0.1, 0.15) is 43.5 Å². The Labute approximate surface area is 133 Å². The summed E-state index contributed by atoms with van der Waals surface area (Å²) in [5.74, 6) is 1.65. The van der Waals surface area contributed by atoms with E-state index < -0.39 is 0 Å². The van der Waals surface area contributed by atoms with Gasteiger partial charge in [0, 0.05) is 4.88 Å². The molecule has 0 saturated carbocycles. The number of fused-ring (bicyclic) bond motifs is 3. The van der Waals surface area contributed by atoms with Gasteiger partial charge in [-0.15, -0.1) is 22.9 Å². The molecule has 0 aliphatic heterocycles. The average molecular weight is 329 g/mol. The van der Waals surface area contributed by atoms with E-state index in [9.17, 15) is 0 Å². The lowest BCUT2D eigenvalue weighted by atomic mass is 9.72. The van der Waals surface area contributed by atoms with Crippen molar-refractivity contribution in [3.05, 3.63) is 21.4 Å². The molecule has 1 aliphatic rings. The first-order valence-electron chi connectivity index (χ1n) is 6.92. The number of thiophene rings is 1. The summed E-state index contributed by atoms with van der Waals surface area (Å²) in [5, 5.41) is 1.63. The molecule has 0 aromatic carbocycles. The van der Waals surface area contributed by atoms with Crippen LogP contribution in [0, 0.1) is 11.3 Å². The van der Waals surface area contributed by atoms with Crippen molar-refractivity contribution in [1.29, 1.82) is 0 Å². The van der Waals surface area contributed by atoms with E-state index in [1.165, 1.54) is 16.9 Å². The number of hydrogen-bond acceptors (Lipinski definition) is 3. The number of alkyl halides is 1. The molecular weight excluding hydrogens is 311 g/mol.